The number of nitrogens with zero attached hydrogens (tertiary/aromatic N) is 6. The van der Waals surface area contributed by atoms with Gasteiger partial charge in [-0.25, -0.2) is 20.0 Å². The van der Waals surface area contributed by atoms with Gasteiger partial charge in [0.15, 0.2) is 11.9 Å². The van der Waals surface area contributed by atoms with Crippen molar-refractivity contribution in [3.63, 3.8) is 0 Å². The lowest BCUT2D eigenvalue weighted by Crippen LogP contribution is -2.37. The molecule has 0 radical (unpaired) electrons. The molecule has 4 N–H and O–H groups in total. The monoisotopic (exact) mass is 464 g/mol. The van der Waals surface area contributed by atoms with E-state index in [0.717, 1.165) is 60.4 Å². The van der Waals surface area contributed by atoms with E-state index < -0.39 is 0 Å². The summed E-state index contributed by atoms with van der Waals surface area (Å²) in [5.74, 6) is 1.72. The highest BCUT2D eigenvalue weighted by atomic mass is 15.3. The predicted molar refractivity (Wildman–Crippen MR) is 137 cm³/mol. The molecule has 0 atom stereocenters. The molecular formula is C24H36N10. The fourth-order valence-electron chi connectivity index (χ4n) is 3.33. The lowest BCUT2D eigenvalue weighted by atomic mass is 10.1. The first kappa shape index (κ1) is 24.8. The van der Waals surface area contributed by atoms with Gasteiger partial charge >= 0.3 is 0 Å². The van der Waals surface area contributed by atoms with Gasteiger partial charge in [0, 0.05) is 77.9 Å². The molecule has 0 unspecified atom stereocenters. The van der Waals surface area contributed by atoms with Crippen LogP contribution < -0.4 is 10.6 Å². The van der Waals surface area contributed by atoms with E-state index in [1.165, 1.54) is 0 Å². The Morgan fingerprint density at radius 1 is 0.794 bits per heavy atom. The van der Waals surface area contributed by atoms with Crippen LogP contribution in [0.4, 0.5) is 0 Å². The maximum atomic E-state index is 4.78. The SMILES string of the molecule is CN(C)C(=NCc1cccc(CN=C(NCCc2cnc[nH]2)N(C)C)c1)NCCc1cnc[nH]1. The Morgan fingerprint density at radius 3 is 1.65 bits per heavy atom. The molecule has 3 rings (SSSR count). The molecule has 2 aromatic heterocycles. The van der Waals surface area contributed by atoms with E-state index in [1.54, 1.807) is 12.7 Å². The fraction of sp³-hybridized carbons (Fsp3) is 0.417. The molecule has 10 nitrogen and oxygen atoms in total. The van der Waals surface area contributed by atoms with Crippen molar-refractivity contribution < 1.29 is 0 Å². The van der Waals surface area contributed by atoms with Gasteiger partial charge < -0.3 is 30.4 Å². The van der Waals surface area contributed by atoms with Crippen molar-refractivity contribution in [3.8, 4) is 0 Å². The van der Waals surface area contributed by atoms with Crippen LogP contribution in [0.2, 0.25) is 0 Å². The van der Waals surface area contributed by atoms with Gasteiger partial charge in [-0.15, -0.1) is 0 Å². The molecule has 0 saturated carbocycles. The quantitative estimate of drug-likeness (QED) is 0.268. The van der Waals surface area contributed by atoms with E-state index in [1.807, 2.05) is 50.4 Å². The molecule has 182 valence electrons. The Hall–Kier alpha value is -3.82. The zero-order chi connectivity index (χ0) is 24.2. The highest BCUT2D eigenvalue weighted by molar-refractivity contribution is 5.80. The minimum absolute atomic E-state index is 0.602. The first-order valence-corrected chi connectivity index (χ1v) is 11.4. The van der Waals surface area contributed by atoms with Crippen molar-refractivity contribution in [2.45, 2.75) is 25.9 Å². The van der Waals surface area contributed by atoms with E-state index in [0.29, 0.717) is 13.1 Å². The first-order chi connectivity index (χ1) is 16.5. The Labute approximate surface area is 201 Å². The number of guanidine groups is 2. The summed E-state index contributed by atoms with van der Waals surface area (Å²) in [6.45, 7) is 2.78. The van der Waals surface area contributed by atoms with Crippen LogP contribution in [0.25, 0.3) is 0 Å². The standard InChI is InChI=1S/C24H36N10/c1-33(2)23(27-10-8-21-15-25-17-31-21)29-13-19-6-5-7-20(12-19)14-30-24(34(3)4)28-11-9-22-16-26-18-32-22/h5-7,12,15-18H,8-11,13-14H2,1-4H3,(H,25,31)(H,26,32)(H,27,29)(H,28,30). The Balaban J connectivity index is 1.54. The number of hydrogen-bond donors (Lipinski definition) is 4. The molecule has 34 heavy (non-hydrogen) atoms. The highest BCUT2D eigenvalue weighted by Crippen LogP contribution is 2.09. The molecule has 3 aromatic rings. The van der Waals surface area contributed by atoms with Gasteiger partial charge in [0.05, 0.1) is 25.7 Å². The second kappa shape index (κ2) is 13.0. The molecule has 0 bridgehead atoms. The zero-order valence-electron chi connectivity index (χ0n) is 20.5. The summed E-state index contributed by atoms with van der Waals surface area (Å²) in [4.78, 5) is 27.9. The van der Waals surface area contributed by atoms with E-state index in [-0.39, 0.29) is 0 Å². The fourth-order valence-corrected chi connectivity index (χ4v) is 3.33. The zero-order valence-corrected chi connectivity index (χ0v) is 20.5. The first-order valence-electron chi connectivity index (χ1n) is 11.4. The summed E-state index contributed by atoms with van der Waals surface area (Å²) in [5, 5.41) is 6.82. The molecule has 0 amide bonds. The maximum Gasteiger partial charge on any atom is 0.193 e. The average Bonchev–Trinajstić information content (AvgIpc) is 3.52. The van der Waals surface area contributed by atoms with Crippen molar-refractivity contribution in [1.29, 1.82) is 0 Å². The third-order valence-corrected chi connectivity index (χ3v) is 5.13. The molecule has 0 aliphatic carbocycles. The van der Waals surface area contributed by atoms with Crippen molar-refractivity contribution in [2.75, 3.05) is 41.3 Å². The molecule has 0 saturated heterocycles. The number of rotatable bonds is 10. The molecule has 0 spiro atoms. The smallest absolute Gasteiger partial charge is 0.193 e. The summed E-state index contributed by atoms with van der Waals surface area (Å²) in [7, 11) is 7.98. The number of aromatic nitrogens is 4. The topological polar surface area (TPSA) is 113 Å². The maximum absolute atomic E-state index is 4.78. The number of benzene rings is 1. The molecule has 1 aromatic carbocycles. The summed E-state index contributed by atoms with van der Waals surface area (Å²) in [6, 6.07) is 8.44. The van der Waals surface area contributed by atoms with Gasteiger partial charge in [-0.3, -0.25) is 0 Å². The van der Waals surface area contributed by atoms with Gasteiger partial charge in [-0.2, -0.15) is 0 Å². The summed E-state index contributed by atoms with van der Waals surface area (Å²) in [5.41, 5.74) is 4.51. The lowest BCUT2D eigenvalue weighted by Gasteiger charge is -2.18. The predicted octanol–water partition coefficient (Wildman–Crippen LogP) is 1.63. The Morgan fingerprint density at radius 2 is 1.26 bits per heavy atom. The van der Waals surface area contributed by atoms with Crippen molar-refractivity contribution in [1.82, 2.24) is 40.4 Å². The average molecular weight is 465 g/mol. The molecule has 0 fully saturated rings. The number of nitrogens with one attached hydrogen (secondary N) is 4. The number of hydrogen-bond acceptors (Lipinski definition) is 4. The van der Waals surface area contributed by atoms with E-state index in [2.05, 4.69) is 54.8 Å². The number of H-pyrrole nitrogens is 2. The number of aromatic amines is 2. The molecule has 0 aliphatic rings. The summed E-state index contributed by atoms with van der Waals surface area (Å²) >= 11 is 0. The van der Waals surface area contributed by atoms with Crippen LogP contribution in [-0.2, 0) is 25.9 Å². The van der Waals surface area contributed by atoms with Gasteiger partial charge in [0.2, 0.25) is 0 Å². The van der Waals surface area contributed by atoms with Gasteiger partial charge in [-0.1, -0.05) is 24.3 Å². The van der Waals surface area contributed by atoms with Gasteiger partial charge in [0.1, 0.15) is 0 Å². The second-order valence-electron chi connectivity index (χ2n) is 8.40. The lowest BCUT2D eigenvalue weighted by molar-refractivity contribution is 0.578. The van der Waals surface area contributed by atoms with E-state index in [9.17, 15) is 0 Å². The number of imidazole rings is 2. The van der Waals surface area contributed by atoms with Crippen LogP contribution in [-0.4, -0.2) is 82.9 Å². The van der Waals surface area contributed by atoms with Crippen LogP contribution in [0.3, 0.4) is 0 Å². The summed E-state index contributed by atoms with van der Waals surface area (Å²) in [6.07, 6.45) is 8.82. The minimum Gasteiger partial charge on any atom is -0.356 e. The molecule has 10 heteroatoms. The van der Waals surface area contributed by atoms with Crippen molar-refractivity contribution in [3.05, 3.63) is 71.8 Å². The van der Waals surface area contributed by atoms with Gasteiger partial charge in [-0.05, 0) is 11.1 Å². The molecule has 2 heterocycles. The van der Waals surface area contributed by atoms with Crippen molar-refractivity contribution in [2.24, 2.45) is 9.98 Å². The van der Waals surface area contributed by atoms with Crippen LogP contribution in [0.15, 0.2) is 59.3 Å². The molecular weight excluding hydrogens is 428 g/mol. The third kappa shape index (κ3) is 8.27. The summed E-state index contributed by atoms with van der Waals surface area (Å²) < 4.78 is 0. The highest BCUT2D eigenvalue weighted by Gasteiger charge is 2.05. The minimum atomic E-state index is 0.602. The van der Waals surface area contributed by atoms with E-state index in [4.69, 9.17) is 9.98 Å². The van der Waals surface area contributed by atoms with Gasteiger partial charge in [0.25, 0.3) is 0 Å². The third-order valence-electron chi connectivity index (χ3n) is 5.13. The van der Waals surface area contributed by atoms with Crippen molar-refractivity contribution >= 4 is 11.9 Å². The Bertz CT molecular complexity index is 940. The largest absolute Gasteiger partial charge is 0.356 e. The van der Waals surface area contributed by atoms with Crippen LogP contribution in [0.5, 0.6) is 0 Å². The van der Waals surface area contributed by atoms with E-state index >= 15 is 0 Å². The number of aliphatic imine (C=N–C) groups is 2. The molecule has 0 aliphatic heterocycles. The van der Waals surface area contributed by atoms with Crippen LogP contribution in [0.1, 0.15) is 22.5 Å². The van der Waals surface area contributed by atoms with Crippen LogP contribution in [0, 0.1) is 0 Å². The normalized spacial score (nSPS) is 12.0. The van der Waals surface area contributed by atoms with Crippen LogP contribution >= 0.6 is 0 Å². The Kier molecular flexibility index (Phi) is 9.51. The second-order valence-corrected chi connectivity index (χ2v) is 8.40.